The summed E-state index contributed by atoms with van der Waals surface area (Å²) in [6, 6.07) is 5.46. The Morgan fingerprint density at radius 3 is 2.62 bits per heavy atom. The van der Waals surface area contributed by atoms with E-state index >= 15 is 0 Å². The molecule has 0 amide bonds. The largest absolute Gasteiger partial charge is 0.504 e. The van der Waals surface area contributed by atoms with E-state index in [9.17, 15) is 5.11 Å². The van der Waals surface area contributed by atoms with E-state index in [1.807, 2.05) is 12.1 Å². The number of phenols is 1. The molecule has 0 spiro atoms. The standard InChI is InChI=1S/C10H14O2.Na/c1-3-4-8-5-6-9(11)10(7-8)12-2;/h5-7,11H,3-4H2,1-2H3;. The van der Waals surface area contributed by atoms with Gasteiger partial charge in [0.25, 0.3) is 0 Å². The van der Waals surface area contributed by atoms with Crippen LogP contribution in [0.2, 0.25) is 0 Å². The number of ether oxygens (including phenoxy) is 1. The van der Waals surface area contributed by atoms with Crippen molar-refractivity contribution in [2.75, 3.05) is 7.11 Å². The monoisotopic (exact) mass is 189 g/mol. The SMILES string of the molecule is CCCc1ccc(O)c(OC)c1.[Na]. The minimum atomic E-state index is 0. The zero-order chi connectivity index (χ0) is 8.97. The molecule has 0 fully saturated rings. The molecule has 1 radical (unpaired) electrons. The number of rotatable bonds is 3. The summed E-state index contributed by atoms with van der Waals surface area (Å²) in [4.78, 5) is 0. The van der Waals surface area contributed by atoms with Gasteiger partial charge in [-0.25, -0.2) is 0 Å². The molecule has 67 valence electrons. The van der Waals surface area contributed by atoms with Crippen LogP contribution in [-0.4, -0.2) is 41.8 Å². The fourth-order valence-corrected chi connectivity index (χ4v) is 1.17. The molecule has 13 heavy (non-hydrogen) atoms. The van der Waals surface area contributed by atoms with Crippen molar-refractivity contribution in [1.82, 2.24) is 0 Å². The summed E-state index contributed by atoms with van der Waals surface area (Å²) in [6.45, 7) is 2.12. The van der Waals surface area contributed by atoms with Crippen LogP contribution in [0, 0.1) is 0 Å². The average Bonchev–Trinajstić information content (AvgIpc) is 2.09. The normalized spacial score (nSPS) is 9.08. The van der Waals surface area contributed by atoms with Crippen LogP contribution < -0.4 is 4.74 Å². The molecule has 0 saturated heterocycles. The van der Waals surface area contributed by atoms with Gasteiger partial charge >= 0.3 is 0 Å². The van der Waals surface area contributed by atoms with E-state index in [1.165, 1.54) is 5.56 Å². The van der Waals surface area contributed by atoms with Crippen molar-refractivity contribution >= 4 is 29.6 Å². The molecule has 1 rings (SSSR count). The van der Waals surface area contributed by atoms with Gasteiger partial charge in [0.2, 0.25) is 0 Å². The molecule has 0 bridgehead atoms. The van der Waals surface area contributed by atoms with Crippen LogP contribution in [0.25, 0.3) is 0 Å². The molecule has 0 atom stereocenters. The van der Waals surface area contributed by atoms with Crippen LogP contribution in [0.1, 0.15) is 18.9 Å². The maximum atomic E-state index is 9.28. The molecule has 1 aromatic carbocycles. The maximum absolute atomic E-state index is 9.28. The third kappa shape index (κ3) is 3.59. The van der Waals surface area contributed by atoms with Gasteiger partial charge in [-0.05, 0) is 24.1 Å². The summed E-state index contributed by atoms with van der Waals surface area (Å²) in [7, 11) is 1.56. The zero-order valence-corrected chi connectivity index (χ0v) is 10.5. The van der Waals surface area contributed by atoms with Gasteiger partial charge in [-0.1, -0.05) is 19.4 Å². The van der Waals surface area contributed by atoms with Crippen molar-refractivity contribution in [3.05, 3.63) is 23.8 Å². The van der Waals surface area contributed by atoms with Gasteiger partial charge in [0.1, 0.15) is 0 Å². The zero-order valence-electron chi connectivity index (χ0n) is 8.50. The Morgan fingerprint density at radius 2 is 2.08 bits per heavy atom. The van der Waals surface area contributed by atoms with Crippen molar-refractivity contribution in [1.29, 1.82) is 0 Å². The van der Waals surface area contributed by atoms with Crippen LogP contribution in [0.5, 0.6) is 11.5 Å². The van der Waals surface area contributed by atoms with Crippen molar-refractivity contribution in [3.63, 3.8) is 0 Å². The van der Waals surface area contributed by atoms with Crippen LogP contribution in [0.4, 0.5) is 0 Å². The predicted molar refractivity (Wildman–Crippen MR) is 54.4 cm³/mol. The molecule has 1 N–H and O–H groups in total. The molecule has 0 aromatic heterocycles. The van der Waals surface area contributed by atoms with E-state index in [1.54, 1.807) is 13.2 Å². The van der Waals surface area contributed by atoms with Gasteiger partial charge in [-0.15, -0.1) is 0 Å². The second kappa shape index (κ2) is 6.30. The van der Waals surface area contributed by atoms with Crippen molar-refractivity contribution in [2.24, 2.45) is 0 Å². The number of methoxy groups -OCH3 is 1. The summed E-state index contributed by atoms with van der Waals surface area (Å²) < 4.78 is 4.98. The molecular formula is C10H14NaO2. The fourth-order valence-electron chi connectivity index (χ4n) is 1.17. The first-order chi connectivity index (χ1) is 5.77. The van der Waals surface area contributed by atoms with E-state index in [0.29, 0.717) is 5.75 Å². The fraction of sp³-hybridized carbons (Fsp3) is 0.400. The Balaban J connectivity index is 0.00000144. The number of hydrogen-bond acceptors (Lipinski definition) is 2. The van der Waals surface area contributed by atoms with Crippen molar-refractivity contribution < 1.29 is 9.84 Å². The topological polar surface area (TPSA) is 29.5 Å². The summed E-state index contributed by atoms with van der Waals surface area (Å²) in [5, 5.41) is 9.28. The molecule has 1 aromatic rings. The van der Waals surface area contributed by atoms with Gasteiger partial charge < -0.3 is 9.84 Å². The summed E-state index contributed by atoms with van der Waals surface area (Å²) >= 11 is 0. The van der Waals surface area contributed by atoms with E-state index in [4.69, 9.17) is 4.74 Å². The molecule has 0 saturated carbocycles. The Labute approximate surface area is 101 Å². The molecule has 0 heterocycles. The Hall–Kier alpha value is -0.180. The van der Waals surface area contributed by atoms with Crippen molar-refractivity contribution in [3.8, 4) is 11.5 Å². The van der Waals surface area contributed by atoms with Gasteiger partial charge in [-0.3, -0.25) is 0 Å². The van der Waals surface area contributed by atoms with Crippen LogP contribution in [-0.2, 0) is 6.42 Å². The van der Waals surface area contributed by atoms with E-state index in [0.717, 1.165) is 12.8 Å². The first kappa shape index (κ1) is 12.8. The third-order valence-corrected chi connectivity index (χ3v) is 1.78. The molecule has 0 aliphatic carbocycles. The number of phenolic OH excluding ortho intramolecular Hbond substituents is 1. The van der Waals surface area contributed by atoms with E-state index < -0.39 is 0 Å². The molecule has 0 aliphatic heterocycles. The number of hydrogen-bond donors (Lipinski definition) is 1. The third-order valence-electron chi connectivity index (χ3n) is 1.78. The number of aryl methyl sites for hydroxylation is 1. The first-order valence-electron chi connectivity index (χ1n) is 4.13. The molecule has 2 nitrogen and oxygen atoms in total. The van der Waals surface area contributed by atoms with Gasteiger partial charge in [0.15, 0.2) is 11.5 Å². The Bertz CT molecular complexity index is 261. The van der Waals surface area contributed by atoms with Crippen LogP contribution in [0.3, 0.4) is 0 Å². The van der Waals surface area contributed by atoms with Gasteiger partial charge in [-0.2, -0.15) is 0 Å². The molecule has 0 unspecified atom stereocenters. The second-order valence-corrected chi connectivity index (χ2v) is 2.76. The summed E-state index contributed by atoms with van der Waals surface area (Å²) in [5.41, 5.74) is 1.20. The first-order valence-corrected chi connectivity index (χ1v) is 4.13. The quantitative estimate of drug-likeness (QED) is 0.736. The predicted octanol–water partition coefficient (Wildman–Crippen LogP) is 1.97. The number of benzene rings is 1. The minimum Gasteiger partial charge on any atom is -0.504 e. The van der Waals surface area contributed by atoms with E-state index in [2.05, 4.69) is 6.92 Å². The second-order valence-electron chi connectivity index (χ2n) is 2.76. The Kier molecular flexibility index (Phi) is 6.21. The minimum absolute atomic E-state index is 0. The van der Waals surface area contributed by atoms with Gasteiger partial charge in [0.05, 0.1) is 7.11 Å². The van der Waals surface area contributed by atoms with E-state index in [-0.39, 0.29) is 35.3 Å². The molecule has 3 heteroatoms. The van der Waals surface area contributed by atoms with Crippen LogP contribution in [0.15, 0.2) is 18.2 Å². The summed E-state index contributed by atoms with van der Waals surface area (Å²) in [6.07, 6.45) is 2.13. The molecular weight excluding hydrogens is 175 g/mol. The Morgan fingerprint density at radius 1 is 1.38 bits per heavy atom. The molecule has 0 aliphatic rings. The average molecular weight is 189 g/mol. The van der Waals surface area contributed by atoms with Gasteiger partial charge in [0, 0.05) is 29.6 Å². The number of aromatic hydroxyl groups is 1. The smallest absolute Gasteiger partial charge is 0.160 e. The maximum Gasteiger partial charge on any atom is 0.160 e. The van der Waals surface area contributed by atoms with Crippen LogP contribution >= 0.6 is 0 Å². The summed E-state index contributed by atoms with van der Waals surface area (Å²) in [5.74, 6) is 0.762. The van der Waals surface area contributed by atoms with Crippen molar-refractivity contribution in [2.45, 2.75) is 19.8 Å².